The SMILES string of the molecule is CCCc1cc2c(-c3ccccc3C(C)CC)cccc2[cH-]1.CCCc1cc2c(-c3ccccc3C(C)CC)cccc2[cH-]1.C[Si]C.[Cl][Zr+2][Cl]. The second kappa shape index (κ2) is 22.7. The van der Waals surface area contributed by atoms with Gasteiger partial charge >= 0.3 is 37.9 Å². The van der Waals surface area contributed by atoms with Gasteiger partial charge in [0.1, 0.15) is 0 Å². The Labute approximate surface area is 325 Å². The first kappa shape index (κ1) is 42.2. The molecule has 0 aliphatic rings. The first-order valence-corrected chi connectivity index (χ1v) is 26.7. The summed E-state index contributed by atoms with van der Waals surface area (Å²) < 4.78 is 0. The molecule has 2 unspecified atom stereocenters. The standard InChI is InChI=1S/2C22H25.C2H6Si.2ClH.Zr/c2*1-4-9-17-14-18-10-8-13-21(22(18)15-17)20-12-7-6-11-19(20)16(3)5-2;1-3-2;;;/h2*6-8,10-16H,4-5,9H2,1-3H3;1-2H3;2*1H;/q2*-1;;;;+4/p-2. The minimum atomic E-state index is -0.826. The molecule has 0 bridgehead atoms. The molecule has 2 atom stereocenters. The van der Waals surface area contributed by atoms with Crippen molar-refractivity contribution in [2.75, 3.05) is 0 Å². The van der Waals surface area contributed by atoms with E-state index >= 15 is 0 Å². The van der Waals surface area contributed by atoms with E-state index < -0.39 is 20.8 Å². The van der Waals surface area contributed by atoms with E-state index in [4.69, 9.17) is 17.0 Å². The molecule has 0 amide bonds. The zero-order valence-electron chi connectivity index (χ0n) is 31.5. The molecule has 0 fully saturated rings. The number of hydrogen-bond acceptors (Lipinski definition) is 0. The maximum absolute atomic E-state index is 4.93. The number of halogens is 2. The van der Waals surface area contributed by atoms with Gasteiger partial charge in [-0.15, -0.1) is 69.1 Å². The average molecular weight is 799 g/mol. The van der Waals surface area contributed by atoms with Crippen molar-refractivity contribution in [3.05, 3.63) is 131 Å². The van der Waals surface area contributed by atoms with Gasteiger partial charge in [-0.2, -0.15) is 12.1 Å². The van der Waals surface area contributed by atoms with E-state index in [2.05, 4.69) is 164 Å². The van der Waals surface area contributed by atoms with E-state index in [1.165, 1.54) is 105 Å². The number of fused-ring (bicyclic) bond motifs is 2. The van der Waals surface area contributed by atoms with Gasteiger partial charge in [-0.05, 0) is 59.8 Å². The molecule has 6 rings (SSSR count). The van der Waals surface area contributed by atoms with Gasteiger partial charge in [0, 0.05) is 9.52 Å². The first-order valence-electron chi connectivity index (χ1n) is 18.4. The Morgan fingerprint density at radius 2 is 0.900 bits per heavy atom. The molecule has 0 aliphatic heterocycles. The van der Waals surface area contributed by atoms with Gasteiger partial charge in [0.15, 0.2) is 0 Å². The molecule has 0 aromatic heterocycles. The topological polar surface area (TPSA) is 0 Å². The summed E-state index contributed by atoms with van der Waals surface area (Å²) in [5, 5.41) is 5.56. The molecule has 0 saturated heterocycles. The summed E-state index contributed by atoms with van der Waals surface area (Å²) >= 11 is -0.826. The van der Waals surface area contributed by atoms with Crippen LogP contribution >= 0.6 is 17.0 Å². The Kier molecular flexibility index (Phi) is 19.1. The molecule has 262 valence electrons. The van der Waals surface area contributed by atoms with E-state index in [9.17, 15) is 0 Å². The molecular weight excluding hydrogens is 743 g/mol. The zero-order chi connectivity index (χ0) is 36.5. The van der Waals surface area contributed by atoms with Gasteiger partial charge in [-0.3, -0.25) is 0 Å². The van der Waals surface area contributed by atoms with Gasteiger partial charge in [0.2, 0.25) is 0 Å². The first-order chi connectivity index (χ1) is 24.3. The average Bonchev–Trinajstić information content (AvgIpc) is 3.76. The summed E-state index contributed by atoms with van der Waals surface area (Å²) in [6.07, 6.45) is 7.09. The van der Waals surface area contributed by atoms with Gasteiger partial charge in [0.25, 0.3) is 0 Å². The van der Waals surface area contributed by atoms with E-state index in [1.54, 1.807) is 0 Å². The van der Waals surface area contributed by atoms with Crippen molar-refractivity contribution in [3.63, 3.8) is 0 Å². The molecule has 0 saturated carbocycles. The van der Waals surface area contributed by atoms with Crippen molar-refractivity contribution in [1.82, 2.24) is 0 Å². The molecule has 6 aromatic rings. The molecule has 2 radical (unpaired) electrons. The van der Waals surface area contributed by atoms with Crippen LogP contribution in [0, 0.1) is 0 Å². The van der Waals surface area contributed by atoms with Crippen LogP contribution in [0.15, 0.2) is 109 Å². The molecule has 0 aliphatic carbocycles. The van der Waals surface area contributed by atoms with Crippen LogP contribution in [-0.4, -0.2) is 9.52 Å². The molecule has 50 heavy (non-hydrogen) atoms. The van der Waals surface area contributed by atoms with Crippen LogP contribution < -0.4 is 0 Å². The minimum absolute atomic E-state index is 0.594. The normalized spacial score (nSPS) is 11.7. The fourth-order valence-corrected chi connectivity index (χ4v) is 6.71. The Bertz CT molecular complexity index is 1710. The Balaban J connectivity index is 0.000000234. The van der Waals surface area contributed by atoms with Gasteiger partial charge in [0.05, 0.1) is 0 Å². The molecule has 0 N–H and O–H groups in total. The fraction of sp³-hybridized carbons (Fsp3) is 0.348. The predicted molar refractivity (Wildman–Crippen MR) is 225 cm³/mol. The number of benzene rings is 4. The van der Waals surface area contributed by atoms with E-state index in [-0.39, 0.29) is 0 Å². The monoisotopic (exact) mass is 796 g/mol. The van der Waals surface area contributed by atoms with Gasteiger partial charge < -0.3 is 0 Å². The maximum atomic E-state index is 4.93. The van der Waals surface area contributed by atoms with Crippen molar-refractivity contribution < 1.29 is 20.8 Å². The van der Waals surface area contributed by atoms with Crippen LogP contribution in [0.3, 0.4) is 0 Å². The molecule has 0 spiro atoms. The van der Waals surface area contributed by atoms with Crippen LogP contribution in [0.25, 0.3) is 43.8 Å². The number of hydrogen-bond donors (Lipinski definition) is 0. The van der Waals surface area contributed by atoms with E-state index in [1.807, 2.05) is 0 Å². The van der Waals surface area contributed by atoms with Gasteiger partial charge in [-0.1, -0.05) is 139 Å². The van der Waals surface area contributed by atoms with E-state index in [0.29, 0.717) is 11.8 Å². The number of aryl methyl sites for hydroxylation is 2. The van der Waals surface area contributed by atoms with Crippen molar-refractivity contribution in [2.45, 2.75) is 105 Å². The van der Waals surface area contributed by atoms with E-state index in [0.717, 1.165) is 9.52 Å². The van der Waals surface area contributed by atoms with Crippen LogP contribution in [0.2, 0.25) is 13.1 Å². The Hall–Kier alpha value is -2.22. The van der Waals surface area contributed by atoms with Crippen molar-refractivity contribution >= 4 is 48.1 Å². The predicted octanol–water partition coefficient (Wildman–Crippen LogP) is 15.5. The van der Waals surface area contributed by atoms with Crippen LogP contribution in [-0.2, 0) is 33.7 Å². The molecule has 0 heterocycles. The fourth-order valence-electron chi connectivity index (χ4n) is 6.71. The summed E-state index contributed by atoms with van der Waals surface area (Å²) in [5.41, 5.74) is 11.4. The quantitative estimate of drug-likeness (QED) is 0.0956. The summed E-state index contributed by atoms with van der Waals surface area (Å²) in [6, 6.07) is 40.7. The van der Waals surface area contributed by atoms with Crippen molar-refractivity contribution in [1.29, 1.82) is 0 Å². The van der Waals surface area contributed by atoms with Gasteiger partial charge in [-0.25, -0.2) is 0 Å². The molecule has 0 nitrogen and oxygen atoms in total. The third-order valence-electron chi connectivity index (χ3n) is 9.49. The zero-order valence-corrected chi connectivity index (χ0v) is 36.5. The second-order valence-electron chi connectivity index (χ2n) is 13.2. The number of rotatable bonds is 10. The van der Waals surface area contributed by atoms with Crippen molar-refractivity contribution in [3.8, 4) is 22.3 Å². The van der Waals surface area contributed by atoms with Crippen LogP contribution in [0.4, 0.5) is 0 Å². The molecular formula is C46H56Cl2SiZr. The Morgan fingerprint density at radius 1 is 0.560 bits per heavy atom. The second-order valence-corrected chi connectivity index (χ2v) is 17.9. The Morgan fingerprint density at radius 3 is 1.24 bits per heavy atom. The summed E-state index contributed by atoms with van der Waals surface area (Å²) in [6.45, 7) is 18.0. The van der Waals surface area contributed by atoms with Crippen molar-refractivity contribution in [2.24, 2.45) is 0 Å². The van der Waals surface area contributed by atoms with Crippen LogP contribution in [0.1, 0.15) is 101 Å². The third kappa shape index (κ3) is 11.4. The summed E-state index contributed by atoms with van der Waals surface area (Å²) in [5.74, 6) is 1.19. The summed E-state index contributed by atoms with van der Waals surface area (Å²) in [4.78, 5) is 0. The summed E-state index contributed by atoms with van der Waals surface area (Å²) in [7, 11) is 11.0. The van der Waals surface area contributed by atoms with Crippen LogP contribution in [0.5, 0.6) is 0 Å². The molecule has 4 heteroatoms. The molecule has 6 aromatic carbocycles. The third-order valence-corrected chi connectivity index (χ3v) is 9.49.